The van der Waals surface area contributed by atoms with Crippen molar-refractivity contribution in [3.63, 3.8) is 0 Å². The van der Waals surface area contributed by atoms with Gasteiger partial charge in [-0.25, -0.2) is 0 Å². The normalized spacial score (nSPS) is 9.69. The molecular weight excluding hydrogens is 166 g/mol. The number of anilines is 1. The van der Waals surface area contributed by atoms with Crippen LogP contribution in [0.2, 0.25) is 0 Å². The zero-order valence-corrected chi connectivity index (χ0v) is 7.58. The summed E-state index contributed by atoms with van der Waals surface area (Å²) in [6.07, 6.45) is 0.462. The van der Waals surface area contributed by atoms with Crippen LogP contribution in [0.4, 0.5) is 5.69 Å². The molecule has 0 saturated carbocycles. The molecule has 1 aromatic carbocycles. The number of rotatable bonds is 3. The Hall–Kier alpha value is -1.35. The standard InChI is InChI=1S/C10H13NO2/c1-2-10(13)11-9-5-3-4-8(6-9)7-12/h3-6,12H,2,7H2,1H3,(H,11,13). The maximum atomic E-state index is 11.0. The maximum Gasteiger partial charge on any atom is 0.224 e. The van der Waals surface area contributed by atoms with Gasteiger partial charge in [0.2, 0.25) is 5.91 Å². The molecule has 0 aliphatic rings. The van der Waals surface area contributed by atoms with Gasteiger partial charge in [0.05, 0.1) is 6.61 Å². The average Bonchev–Trinajstić information content (AvgIpc) is 2.18. The zero-order chi connectivity index (χ0) is 9.68. The van der Waals surface area contributed by atoms with Gasteiger partial charge in [0, 0.05) is 12.1 Å². The molecule has 3 heteroatoms. The predicted molar refractivity (Wildman–Crippen MR) is 51.3 cm³/mol. The monoisotopic (exact) mass is 179 g/mol. The summed E-state index contributed by atoms with van der Waals surface area (Å²) in [5.74, 6) is -0.0184. The second-order valence-corrected chi connectivity index (χ2v) is 2.76. The van der Waals surface area contributed by atoms with Gasteiger partial charge >= 0.3 is 0 Å². The van der Waals surface area contributed by atoms with Crippen LogP contribution in [0.25, 0.3) is 0 Å². The van der Waals surface area contributed by atoms with Crippen molar-refractivity contribution >= 4 is 11.6 Å². The Kier molecular flexibility index (Phi) is 3.46. The molecule has 70 valence electrons. The Morgan fingerprint density at radius 2 is 2.31 bits per heavy atom. The largest absolute Gasteiger partial charge is 0.392 e. The molecule has 0 radical (unpaired) electrons. The first-order chi connectivity index (χ1) is 6.26. The van der Waals surface area contributed by atoms with E-state index in [0.717, 1.165) is 11.3 Å². The number of carbonyl (C=O) groups excluding carboxylic acids is 1. The topological polar surface area (TPSA) is 49.3 Å². The van der Waals surface area contributed by atoms with Crippen molar-refractivity contribution in [2.45, 2.75) is 20.0 Å². The SMILES string of the molecule is CCC(=O)Nc1cccc(CO)c1. The molecule has 3 nitrogen and oxygen atoms in total. The molecule has 0 heterocycles. The van der Waals surface area contributed by atoms with Crippen LogP contribution in [0.3, 0.4) is 0 Å². The van der Waals surface area contributed by atoms with Gasteiger partial charge in [-0.1, -0.05) is 19.1 Å². The van der Waals surface area contributed by atoms with Gasteiger partial charge in [-0.2, -0.15) is 0 Å². The van der Waals surface area contributed by atoms with Gasteiger partial charge in [0.25, 0.3) is 0 Å². The summed E-state index contributed by atoms with van der Waals surface area (Å²) in [5, 5.41) is 11.6. The third kappa shape index (κ3) is 2.87. The van der Waals surface area contributed by atoms with E-state index in [1.54, 1.807) is 25.1 Å². The van der Waals surface area contributed by atoms with Crippen molar-refractivity contribution < 1.29 is 9.90 Å². The molecule has 0 aromatic heterocycles. The zero-order valence-electron chi connectivity index (χ0n) is 7.58. The van der Waals surface area contributed by atoms with Gasteiger partial charge in [-0.15, -0.1) is 0 Å². The first kappa shape index (κ1) is 9.74. The Balaban J connectivity index is 2.71. The van der Waals surface area contributed by atoms with Crippen molar-refractivity contribution in [3.8, 4) is 0 Å². The Labute approximate surface area is 77.4 Å². The number of benzene rings is 1. The molecule has 0 aliphatic heterocycles. The van der Waals surface area contributed by atoms with Crippen LogP contribution in [-0.2, 0) is 11.4 Å². The summed E-state index contributed by atoms with van der Waals surface area (Å²) in [6.45, 7) is 1.79. The minimum absolute atomic E-state index is 0.00413. The highest BCUT2D eigenvalue weighted by Gasteiger charge is 1.98. The van der Waals surface area contributed by atoms with E-state index in [1.807, 2.05) is 6.07 Å². The average molecular weight is 179 g/mol. The van der Waals surface area contributed by atoms with Gasteiger partial charge in [0.15, 0.2) is 0 Å². The quantitative estimate of drug-likeness (QED) is 0.739. The number of nitrogens with one attached hydrogen (secondary N) is 1. The van der Waals surface area contributed by atoms with Crippen molar-refractivity contribution in [1.82, 2.24) is 0 Å². The second-order valence-electron chi connectivity index (χ2n) is 2.76. The number of hydrogen-bond acceptors (Lipinski definition) is 2. The van der Waals surface area contributed by atoms with Crippen molar-refractivity contribution in [2.24, 2.45) is 0 Å². The summed E-state index contributed by atoms with van der Waals surface area (Å²) < 4.78 is 0. The molecule has 1 aromatic rings. The number of aliphatic hydroxyl groups excluding tert-OH is 1. The minimum atomic E-state index is -0.0184. The molecule has 13 heavy (non-hydrogen) atoms. The van der Waals surface area contributed by atoms with Crippen molar-refractivity contribution in [3.05, 3.63) is 29.8 Å². The first-order valence-electron chi connectivity index (χ1n) is 4.26. The highest BCUT2D eigenvalue weighted by atomic mass is 16.3. The lowest BCUT2D eigenvalue weighted by Crippen LogP contribution is -2.09. The highest BCUT2D eigenvalue weighted by Crippen LogP contribution is 2.10. The first-order valence-corrected chi connectivity index (χ1v) is 4.26. The molecular formula is C10H13NO2. The number of hydrogen-bond donors (Lipinski definition) is 2. The summed E-state index contributed by atoms with van der Waals surface area (Å²) in [6, 6.07) is 7.17. The van der Waals surface area contributed by atoms with E-state index in [0.29, 0.717) is 6.42 Å². The molecule has 0 fully saturated rings. The van der Waals surface area contributed by atoms with Crippen molar-refractivity contribution in [1.29, 1.82) is 0 Å². The molecule has 2 N–H and O–H groups in total. The number of aliphatic hydroxyl groups is 1. The van der Waals surface area contributed by atoms with Crippen LogP contribution in [0.1, 0.15) is 18.9 Å². The van der Waals surface area contributed by atoms with Gasteiger partial charge < -0.3 is 10.4 Å². The lowest BCUT2D eigenvalue weighted by Gasteiger charge is -2.04. The molecule has 0 saturated heterocycles. The van der Waals surface area contributed by atoms with E-state index < -0.39 is 0 Å². The minimum Gasteiger partial charge on any atom is -0.392 e. The Morgan fingerprint density at radius 3 is 2.92 bits per heavy atom. The second kappa shape index (κ2) is 4.62. The summed E-state index contributed by atoms with van der Waals surface area (Å²) in [7, 11) is 0. The molecule has 0 bridgehead atoms. The smallest absolute Gasteiger partial charge is 0.224 e. The van der Waals surface area contributed by atoms with Crippen LogP contribution >= 0.6 is 0 Å². The van der Waals surface area contributed by atoms with Crippen LogP contribution in [0, 0.1) is 0 Å². The highest BCUT2D eigenvalue weighted by molar-refractivity contribution is 5.90. The number of amides is 1. The Morgan fingerprint density at radius 1 is 1.54 bits per heavy atom. The lowest BCUT2D eigenvalue weighted by atomic mass is 10.2. The molecule has 1 amide bonds. The van der Waals surface area contributed by atoms with Gasteiger partial charge in [-0.3, -0.25) is 4.79 Å². The third-order valence-corrected chi connectivity index (χ3v) is 1.71. The van der Waals surface area contributed by atoms with E-state index in [4.69, 9.17) is 5.11 Å². The summed E-state index contributed by atoms with van der Waals surface area (Å²) >= 11 is 0. The molecule has 1 rings (SSSR count). The molecule has 0 spiro atoms. The summed E-state index contributed by atoms with van der Waals surface area (Å²) in [5.41, 5.74) is 1.53. The van der Waals surface area contributed by atoms with E-state index in [-0.39, 0.29) is 12.5 Å². The molecule has 0 atom stereocenters. The van der Waals surface area contributed by atoms with Gasteiger partial charge in [-0.05, 0) is 17.7 Å². The van der Waals surface area contributed by atoms with Crippen LogP contribution < -0.4 is 5.32 Å². The maximum absolute atomic E-state index is 11.0. The fourth-order valence-electron chi connectivity index (χ4n) is 0.997. The summed E-state index contributed by atoms with van der Waals surface area (Å²) in [4.78, 5) is 11.0. The van der Waals surface area contributed by atoms with E-state index in [9.17, 15) is 4.79 Å². The van der Waals surface area contributed by atoms with E-state index in [1.165, 1.54) is 0 Å². The van der Waals surface area contributed by atoms with E-state index >= 15 is 0 Å². The predicted octanol–water partition coefficient (Wildman–Crippen LogP) is 1.53. The van der Waals surface area contributed by atoms with Crippen LogP contribution in [0.15, 0.2) is 24.3 Å². The number of carbonyl (C=O) groups is 1. The van der Waals surface area contributed by atoms with Gasteiger partial charge in [0.1, 0.15) is 0 Å². The fraction of sp³-hybridized carbons (Fsp3) is 0.300. The third-order valence-electron chi connectivity index (χ3n) is 1.71. The van der Waals surface area contributed by atoms with Crippen molar-refractivity contribution in [2.75, 3.05) is 5.32 Å². The lowest BCUT2D eigenvalue weighted by molar-refractivity contribution is -0.115. The molecule has 0 unspecified atom stereocenters. The molecule has 0 aliphatic carbocycles. The Bertz CT molecular complexity index is 297. The van der Waals surface area contributed by atoms with Crippen LogP contribution in [-0.4, -0.2) is 11.0 Å². The fourth-order valence-corrected chi connectivity index (χ4v) is 0.997. The van der Waals surface area contributed by atoms with Crippen LogP contribution in [0.5, 0.6) is 0 Å². The van der Waals surface area contributed by atoms with E-state index in [2.05, 4.69) is 5.32 Å².